The van der Waals surface area contributed by atoms with Gasteiger partial charge in [0.05, 0.1) is 16.5 Å². The van der Waals surface area contributed by atoms with Crippen molar-refractivity contribution in [3.63, 3.8) is 0 Å². The zero-order valence-corrected chi connectivity index (χ0v) is 12.1. The van der Waals surface area contributed by atoms with Crippen LogP contribution in [0.4, 0.5) is 10.1 Å². The SMILES string of the molecule is CS(=O)(=O)c1ccc(NCc2cc(F)cc(C#N)c2)cc1. The first-order valence-corrected chi connectivity index (χ1v) is 8.01. The molecular formula is C15H13FN2O2S. The lowest BCUT2D eigenvalue weighted by Crippen LogP contribution is -2.01. The van der Waals surface area contributed by atoms with E-state index in [2.05, 4.69) is 5.32 Å². The molecule has 0 bridgehead atoms. The Kier molecular flexibility index (Phi) is 4.24. The molecule has 108 valence electrons. The summed E-state index contributed by atoms with van der Waals surface area (Å²) >= 11 is 0. The van der Waals surface area contributed by atoms with E-state index >= 15 is 0 Å². The van der Waals surface area contributed by atoms with Gasteiger partial charge in [0.25, 0.3) is 0 Å². The standard InChI is InChI=1S/C15H13FN2O2S/c1-21(19,20)15-4-2-14(3-5-15)18-10-12-6-11(9-17)7-13(16)8-12/h2-8,18H,10H2,1H3. The van der Waals surface area contributed by atoms with Crippen LogP contribution in [0, 0.1) is 17.1 Å². The van der Waals surface area contributed by atoms with E-state index in [0.717, 1.165) is 6.26 Å². The van der Waals surface area contributed by atoms with Crippen molar-refractivity contribution in [3.8, 4) is 6.07 Å². The van der Waals surface area contributed by atoms with E-state index in [1.54, 1.807) is 18.2 Å². The highest BCUT2D eigenvalue weighted by molar-refractivity contribution is 7.90. The monoisotopic (exact) mass is 304 g/mol. The van der Waals surface area contributed by atoms with Gasteiger partial charge in [-0.2, -0.15) is 5.26 Å². The summed E-state index contributed by atoms with van der Waals surface area (Å²) in [7, 11) is -3.21. The summed E-state index contributed by atoms with van der Waals surface area (Å²) in [6.07, 6.45) is 1.14. The van der Waals surface area contributed by atoms with Crippen molar-refractivity contribution < 1.29 is 12.8 Å². The van der Waals surface area contributed by atoms with Crippen LogP contribution < -0.4 is 5.32 Å². The van der Waals surface area contributed by atoms with Gasteiger partial charge in [0.1, 0.15) is 5.82 Å². The number of anilines is 1. The molecule has 0 aliphatic heterocycles. The average Bonchev–Trinajstić information content (AvgIpc) is 2.44. The van der Waals surface area contributed by atoms with Crippen LogP contribution in [0.1, 0.15) is 11.1 Å². The summed E-state index contributed by atoms with van der Waals surface area (Å²) in [5, 5.41) is 11.8. The topological polar surface area (TPSA) is 70.0 Å². The zero-order chi connectivity index (χ0) is 15.5. The normalized spacial score (nSPS) is 10.9. The lowest BCUT2D eigenvalue weighted by atomic mass is 10.1. The largest absolute Gasteiger partial charge is 0.381 e. The Hall–Kier alpha value is -2.39. The van der Waals surface area contributed by atoms with Crippen molar-refractivity contribution in [2.75, 3.05) is 11.6 Å². The minimum absolute atomic E-state index is 0.241. The molecule has 21 heavy (non-hydrogen) atoms. The molecule has 0 aliphatic carbocycles. The van der Waals surface area contributed by atoms with Gasteiger partial charge in [-0.3, -0.25) is 0 Å². The number of nitrogens with one attached hydrogen (secondary N) is 1. The van der Waals surface area contributed by atoms with Crippen molar-refractivity contribution in [2.24, 2.45) is 0 Å². The Balaban J connectivity index is 2.10. The first-order valence-electron chi connectivity index (χ1n) is 6.12. The third kappa shape index (κ3) is 4.04. The zero-order valence-electron chi connectivity index (χ0n) is 11.3. The number of hydrogen-bond donors (Lipinski definition) is 1. The molecule has 0 aromatic heterocycles. The maximum atomic E-state index is 13.3. The minimum Gasteiger partial charge on any atom is -0.381 e. The molecule has 6 heteroatoms. The lowest BCUT2D eigenvalue weighted by Gasteiger charge is -2.08. The molecule has 1 N–H and O–H groups in total. The molecule has 0 saturated carbocycles. The second-order valence-corrected chi connectivity index (χ2v) is 6.63. The van der Waals surface area contributed by atoms with Gasteiger partial charge in [0.2, 0.25) is 0 Å². The van der Waals surface area contributed by atoms with Gasteiger partial charge in [-0.15, -0.1) is 0 Å². The number of nitrogens with zero attached hydrogens (tertiary/aromatic N) is 1. The molecule has 0 unspecified atom stereocenters. The molecule has 0 fully saturated rings. The fraction of sp³-hybridized carbons (Fsp3) is 0.133. The van der Waals surface area contributed by atoms with E-state index < -0.39 is 15.7 Å². The van der Waals surface area contributed by atoms with Crippen LogP contribution >= 0.6 is 0 Å². The number of nitriles is 1. The average molecular weight is 304 g/mol. The van der Waals surface area contributed by atoms with Crippen molar-refractivity contribution in [3.05, 3.63) is 59.4 Å². The quantitative estimate of drug-likeness (QED) is 0.943. The van der Waals surface area contributed by atoms with E-state index in [4.69, 9.17) is 5.26 Å². The summed E-state index contributed by atoms with van der Waals surface area (Å²) in [5.41, 5.74) is 1.61. The Morgan fingerprint density at radius 3 is 2.43 bits per heavy atom. The highest BCUT2D eigenvalue weighted by Crippen LogP contribution is 2.15. The molecule has 0 spiro atoms. The summed E-state index contributed by atoms with van der Waals surface area (Å²) < 4.78 is 36.0. The highest BCUT2D eigenvalue weighted by Gasteiger charge is 2.06. The molecule has 4 nitrogen and oxygen atoms in total. The van der Waals surface area contributed by atoms with Gasteiger partial charge in [-0.05, 0) is 48.0 Å². The van der Waals surface area contributed by atoms with Crippen LogP contribution in [-0.2, 0) is 16.4 Å². The molecule has 0 saturated heterocycles. The number of rotatable bonds is 4. The van der Waals surface area contributed by atoms with E-state index in [-0.39, 0.29) is 10.5 Å². The second-order valence-electron chi connectivity index (χ2n) is 4.61. The summed E-state index contributed by atoms with van der Waals surface area (Å²) in [5.74, 6) is -0.460. The Bertz CT molecular complexity index is 793. The van der Waals surface area contributed by atoms with Gasteiger partial charge in [-0.1, -0.05) is 0 Å². The van der Waals surface area contributed by atoms with E-state index in [0.29, 0.717) is 17.8 Å². The maximum Gasteiger partial charge on any atom is 0.175 e. The molecule has 0 amide bonds. The lowest BCUT2D eigenvalue weighted by molar-refractivity contribution is 0.602. The predicted molar refractivity (Wildman–Crippen MR) is 78.0 cm³/mol. The fourth-order valence-corrected chi connectivity index (χ4v) is 2.47. The fourth-order valence-electron chi connectivity index (χ4n) is 1.84. The molecule has 0 radical (unpaired) electrons. The van der Waals surface area contributed by atoms with Crippen molar-refractivity contribution in [1.82, 2.24) is 0 Å². The van der Waals surface area contributed by atoms with Gasteiger partial charge < -0.3 is 5.32 Å². The van der Waals surface area contributed by atoms with Gasteiger partial charge >= 0.3 is 0 Å². The van der Waals surface area contributed by atoms with Gasteiger partial charge in [0.15, 0.2) is 9.84 Å². The number of sulfone groups is 1. The van der Waals surface area contributed by atoms with E-state index in [1.807, 2.05) is 6.07 Å². The van der Waals surface area contributed by atoms with Gasteiger partial charge in [0, 0.05) is 18.5 Å². The smallest absolute Gasteiger partial charge is 0.175 e. The molecule has 0 atom stereocenters. The predicted octanol–water partition coefficient (Wildman–Crippen LogP) is 2.71. The summed E-state index contributed by atoms with van der Waals surface area (Å²) in [6, 6.07) is 12.3. The second kappa shape index (κ2) is 5.94. The summed E-state index contributed by atoms with van der Waals surface area (Å²) in [6.45, 7) is 0.338. The molecule has 2 rings (SSSR count). The molecule has 0 heterocycles. The van der Waals surface area contributed by atoms with E-state index in [1.165, 1.54) is 24.3 Å². The Morgan fingerprint density at radius 1 is 1.19 bits per heavy atom. The van der Waals surface area contributed by atoms with Crippen LogP contribution in [0.15, 0.2) is 47.4 Å². The summed E-state index contributed by atoms with van der Waals surface area (Å²) in [4.78, 5) is 0.241. The highest BCUT2D eigenvalue weighted by atomic mass is 32.2. The minimum atomic E-state index is -3.21. The van der Waals surface area contributed by atoms with Crippen LogP contribution in [0.3, 0.4) is 0 Å². The first kappa shape index (κ1) is 15.0. The molecule has 2 aromatic carbocycles. The van der Waals surface area contributed by atoms with Crippen LogP contribution in [0.25, 0.3) is 0 Å². The Labute approximate surface area is 122 Å². The third-order valence-corrected chi connectivity index (χ3v) is 3.99. The van der Waals surface area contributed by atoms with E-state index in [9.17, 15) is 12.8 Å². The number of halogens is 1. The van der Waals surface area contributed by atoms with Crippen molar-refractivity contribution in [1.29, 1.82) is 5.26 Å². The van der Waals surface area contributed by atoms with Crippen LogP contribution in [-0.4, -0.2) is 14.7 Å². The number of hydrogen-bond acceptors (Lipinski definition) is 4. The molecule has 2 aromatic rings. The first-order chi connectivity index (χ1) is 9.88. The maximum absolute atomic E-state index is 13.3. The van der Waals surface area contributed by atoms with Crippen molar-refractivity contribution in [2.45, 2.75) is 11.4 Å². The van der Waals surface area contributed by atoms with Gasteiger partial charge in [-0.25, -0.2) is 12.8 Å². The third-order valence-electron chi connectivity index (χ3n) is 2.87. The number of benzene rings is 2. The van der Waals surface area contributed by atoms with Crippen LogP contribution in [0.5, 0.6) is 0 Å². The van der Waals surface area contributed by atoms with Crippen LogP contribution in [0.2, 0.25) is 0 Å². The molecule has 0 aliphatic rings. The molecular weight excluding hydrogens is 291 g/mol. The van der Waals surface area contributed by atoms with Crippen molar-refractivity contribution >= 4 is 15.5 Å². The Morgan fingerprint density at radius 2 is 1.86 bits per heavy atom.